The minimum atomic E-state index is 0.416. The summed E-state index contributed by atoms with van der Waals surface area (Å²) >= 11 is 0. The number of hydrogen-bond acceptors (Lipinski definition) is 2. The quantitative estimate of drug-likeness (QED) is 0.672. The van der Waals surface area contributed by atoms with E-state index in [0.29, 0.717) is 12.1 Å². The summed E-state index contributed by atoms with van der Waals surface area (Å²) in [6.07, 6.45) is 3.78. The molecule has 0 aromatic heterocycles. The van der Waals surface area contributed by atoms with Gasteiger partial charge >= 0.3 is 0 Å². The van der Waals surface area contributed by atoms with Gasteiger partial charge in [-0.2, -0.15) is 0 Å². The predicted molar refractivity (Wildman–Crippen MR) is 46.4 cm³/mol. The van der Waals surface area contributed by atoms with Crippen molar-refractivity contribution in [3.63, 3.8) is 0 Å². The fraction of sp³-hybridized carbons (Fsp3) is 1.00. The molecule has 0 heterocycles. The van der Waals surface area contributed by atoms with E-state index in [1.54, 1.807) is 0 Å². The number of hydrogen-bond donors (Lipinski definition) is 1. The average molecular weight is 157 g/mol. The Hall–Kier alpha value is -0.0800. The van der Waals surface area contributed by atoms with E-state index in [-0.39, 0.29) is 0 Å². The van der Waals surface area contributed by atoms with Crippen molar-refractivity contribution in [3.8, 4) is 0 Å². The second-order valence-electron chi connectivity index (χ2n) is 3.91. The molecule has 0 saturated heterocycles. The highest BCUT2D eigenvalue weighted by Crippen LogP contribution is 2.21. The van der Waals surface area contributed by atoms with E-state index in [1.807, 2.05) is 0 Å². The smallest absolute Gasteiger partial charge is 0.0604 e. The van der Waals surface area contributed by atoms with Crippen LogP contribution in [0.4, 0.5) is 0 Å². The van der Waals surface area contributed by atoms with Gasteiger partial charge < -0.3 is 10.5 Å². The Kier molecular flexibility index (Phi) is 3.34. The summed E-state index contributed by atoms with van der Waals surface area (Å²) in [6.45, 7) is 5.35. The minimum Gasteiger partial charge on any atom is -0.378 e. The van der Waals surface area contributed by atoms with Crippen LogP contribution in [0.25, 0.3) is 0 Å². The zero-order chi connectivity index (χ0) is 8.27. The lowest BCUT2D eigenvalue weighted by Crippen LogP contribution is -2.41. The summed E-state index contributed by atoms with van der Waals surface area (Å²) < 4.78 is 5.58. The van der Waals surface area contributed by atoms with E-state index in [1.165, 1.54) is 6.42 Å². The molecule has 0 amide bonds. The summed E-state index contributed by atoms with van der Waals surface area (Å²) in [5.41, 5.74) is 5.62. The molecule has 0 unspecified atom stereocenters. The van der Waals surface area contributed by atoms with Crippen LogP contribution in [0, 0.1) is 5.92 Å². The molecule has 1 aliphatic carbocycles. The first-order chi connectivity index (χ1) is 5.18. The molecule has 1 saturated carbocycles. The van der Waals surface area contributed by atoms with Crippen LogP contribution in [-0.2, 0) is 4.74 Å². The molecule has 0 aromatic rings. The van der Waals surface area contributed by atoms with Crippen LogP contribution in [-0.4, -0.2) is 18.8 Å². The van der Waals surface area contributed by atoms with Crippen molar-refractivity contribution in [1.82, 2.24) is 0 Å². The molecular weight excluding hydrogens is 138 g/mol. The Labute approximate surface area is 69.1 Å². The molecule has 1 fully saturated rings. The topological polar surface area (TPSA) is 35.2 Å². The summed E-state index contributed by atoms with van der Waals surface area (Å²) in [7, 11) is 0. The van der Waals surface area contributed by atoms with E-state index in [0.717, 1.165) is 25.4 Å². The lowest BCUT2D eigenvalue weighted by Gasteiger charge is -2.32. The Morgan fingerprint density at radius 3 is 2.55 bits per heavy atom. The molecule has 0 bridgehead atoms. The van der Waals surface area contributed by atoms with E-state index < -0.39 is 0 Å². The molecule has 0 spiro atoms. The van der Waals surface area contributed by atoms with Gasteiger partial charge in [0.2, 0.25) is 0 Å². The van der Waals surface area contributed by atoms with Crippen LogP contribution >= 0.6 is 0 Å². The van der Waals surface area contributed by atoms with Crippen molar-refractivity contribution in [2.45, 2.75) is 45.3 Å². The maximum Gasteiger partial charge on any atom is 0.0604 e. The van der Waals surface area contributed by atoms with Gasteiger partial charge in [-0.1, -0.05) is 13.8 Å². The van der Waals surface area contributed by atoms with Crippen LogP contribution in [0.3, 0.4) is 0 Å². The van der Waals surface area contributed by atoms with Gasteiger partial charge in [-0.15, -0.1) is 0 Å². The van der Waals surface area contributed by atoms with Crippen LogP contribution in [0.1, 0.15) is 33.1 Å². The first-order valence-electron chi connectivity index (χ1n) is 4.55. The normalized spacial score (nSPS) is 30.5. The van der Waals surface area contributed by atoms with E-state index in [4.69, 9.17) is 10.5 Å². The lowest BCUT2D eigenvalue weighted by molar-refractivity contribution is -0.0124. The highest BCUT2D eigenvalue weighted by Gasteiger charge is 2.26. The molecule has 0 atom stereocenters. The van der Waals surface area contributed by atoms with Gasteiger partial charge in [-0.05, 0) is 25.2 Å². The standard InChI is InChI=1S/C9H19NO/c1-7(2)3-4-11-9-5-8(10)6-9/h7-9H,3-6,10H2,1-2H3. The second kappa shape index (κ2) is 4.07. The molecule has 66 valence electrons. The molecule has 11 heavy (non-hydrogen) atoms. The molecule has 2 N–H and O–H groups in total. The van der Waals surface area contributed by atoms with Gasteiger partial charge in [0.1, 0.15) is 0 Å². The third kappa shape index (κ3) is 3.21. The van der Waals surface area contributed by atoms with Gasteiger partial charge in [-0.25, -0.2) is 0 Å². The molecule has 0 aromatic carbocycles. The monoisotopic (exact) mass is 157 g/mol. The largest absolute Gasteiger partial charge is 0.378 e. The summed E-state index contributed by atoms with van der Waals surface area (Å²) in [5.74, 6) is 0.753. The molecule has 2 nitrogen and oxygen atoms in total. The maximum atomic E-state index is 5.62. The summed E-state index contributed by atoms with van der Waals surface area (Å²) in [5, 5.41) is 0. The van der Waals surface area contributed by atoms with Crippen molar-refractivity contribution in [1.29, 1.82) is 0 Å². The van der Waals surface area contributed by atoms with Gasteiger partial charge in [0, 0.05) is 12.6 Å². The van der Waals surface area contributed by atoms with Crippen LogP contribution in [0.15, 0.2) is 0 Å². The fourth-order valence-corrected chi connectivity index (χ4v) is 1.21. The van der Waals surface area contributed by atoms with Gasteiger partial charge in [0.25, 0.3) is 0 Å². The number of nitrogens with two attached hydrogens (primary N) is 1. The van der Waals surface area contributed by atoms with E-state index >= 15 is 0 Å². The highest BCUT2D eigenvalue weighted by atomic mass is 16.5. The van der Waals surface area contributed by atoms with Gasteiger partial charge in [0.15, 0.2) is 0 Å². The van der Waals surface area contributed by atoms with E-state index in [9.17, 15) is 0 Å². The molecular formula is C9H19NO. The molecule has 2 heteroatoms. The third-order valence-electron chi connectivity index (χ3n) is 2.18. The van der Waals surface area contributed by atoms with Crippen molar-refractivity contribution in [2.75, 3.05) is 6.61 Å². The van der Waals surface area contributed by atoms with Crippen molar-refractivity contribution >= 4 is 0 Å². The van der Waals surface area contributed by atoms with Crippen molar-refractivity contribution in [3.05, 3.63) is 0 Å². The van der Waals surface area contributed by atoms with Gasteiger partial charge in [0.05, 0.1) is 6.10 Å². The number of rotatable bonds is 4. The predicted octanol–water partition coefficient (Wildman–Crippen LogP) is 1.54. The highest BCUT2D eigenvalue weighted by molar-refractivity contribution is 4.82. The van der Waals surface area contributed by atoms with Crippen molar-refractivity contribution in [2.24, 2.45) is 11.7 Å². The van der Waals surface area contributed by atoms with Crippen LogP contribution < -0.4 is 5.73 Å². The SMILES string of the molecule is CC(C)CCOC1CC(N)C1. The lowest BCUT2D eigenvalue weighted by atomic mass is 9.90. The maximum absolute atomic E-state index is 5.62. The summed E-state index contributed by atoms with van der Waals surface area (Å²) in [6, 6.07) is 0.416. The molecule has 0 radical (unpaired) electrons. The summed E-state index contributed by atoms with van der Waals surface area (Å²) in [4.78, 5) is 0. The second-order valence-corrected chi connectivity index (χ2v) is 3.91. The molecule has 0 aliphatic heterocycles. The van der Waals surface area contributed by atoms with E-state index in [2.05, 4.69) is 13.8 Å². The van der Waals surface area contributed by atoms with Crippen LogP contribution in [0.5, 0.6) is 0 Å². The molecule has 1 aliphatic rings. The Bertz CT molecular complexity index is 108. The van der Waals surface area contributed by atoms with Crippen molar-refractivity contribution < 1.29 is 4.74 Å². The number of ether oxygens (including phenoxy) is 1. The third-order valence-corrected chi connectivity index (χ3v) is 2.18. The Balaban J connectivity index is 1.89. The first-order valence-corrected chi connectivity index (χ1v) is 4.55. The minimum absolute atomic E-state index is 0.416. The van der Waals surface area contributed by atoms with Crippen LogP contribution in [0.2, 0.25) is 0 Å². The molecule has 1 rings (SSSR count). The average Bonchev–Trinajstić information content (AvgIpc) is 1.83. The zero-order valence-electron chi connectivity index (χ0n) is 7.55. The Morgan fingerprint density at radius 2 is 2.09 bits per heavy atom. The zero-order valence-corrected chi connectivity index (χ0v) is 7.55. The Morgan fingerprint density at radius 1 is 1.45 bits per heavy atom. The first kappa shape index (κ1) is 9.01. The fourth-order valence-electron chi connectivity index (χ4n) is 1.21. The van der Waals surface area contributed by atoms with Gasteiger partial charge in [-0.3, -0.25) is 0 Å².